The van der Waals surface area contributed by atoms with Crippen LogP contribution in [0, 0.1) is 0 Å². The highest BCUT2D eigenvalue weighted by molar-refractivity contribution is 5.97. The number of carboxylic acid groups (broad SMARTS) is 7. The van der Waals surface area contributed by atoms with E-state index in [4.69, 9.17) is 10.2 Å². The van der Waals surface area contributed by atoms with Gasteiger partial charge in [0.1, 0.15) is 42.3 Å². The number of hydrogen-bond acceptors (Lipinski definition) is 16. The molecule has 18 N–H and O–H groups in total. The van der Waals surface area contributed by atoms with Crippen LogP contribution in [0.25, 0.3) is 10.9 Å². The monoisotopic (exact) mass is 1240 g/mol. The zero-order valence-electron chi connectivity index (χ0n) is 47.2. The molecule has 0 fully saturated rings. The topological polar surface area (TPSA) is 551 Å². The summed E-state index contributed by atoms with van der Waals surface area (Å²) in [5.41, 5.74) is 1.22. The molecular weight excluding hydrogens is 1170 g/mol. The summed E-state index contributed by atoms with van der Waals surface area (Å²) in [5, 5.41) is 88.9. The molecule has 3 aromatic rings. The van der Waals surface area contributed by atoms with Gasteiger partial charge in [-0.1, -0.05) is 30.3 Å². The van der Waals surface area contributed by atoms with Crippen molar-refractivity contribution in [2.45, 2.75) is 133 Å². The average molecular weight is 1240 g/mol. The van der Waals surface area contributed by atoms with Crippen molar-refractivity contribution < 1.29 is 112 Å². The smallest absolute Gasteiger partial charge is 0.335 e. The van der Waals surface area contributed by atoms with E-state index in [2.05, 4.69) is 52.8 Å². The van der Waals surface area contributed by atoms with Gasteiger partial charge in [-0.15, -0.1) is 0 Å². The molecule has 0 aliphatic carbocycles. The van der Waals surface area contributed by atoms with Crippen LogP contribution in [0.4, 0.5) is 4.79 Å². The van der Waals surface area contributed by atoms with Crippen molar-refractivity contribution in [2.24, 2.45) is 0 Å². The number of hydrogen-bond donors (Lipinski definition) is 18. The van der Waals surface area contributed by atoms with Gasteiger partial charge in [0.15, 0.2) is 0 Å². The molecule has 0 bridgehead atoms. The van der Waals surface area contributed by atoms with Crippen LogP contribution < -0.4 is 53.2 Å². The molecule has 0 aliphatic heterocycles. The molecule has 34 heteroatoms. The van der Waals surface area contributed by atoms with Gasteiger partial charge >= 0.3 is 47.8 Å². The summed E-state index contributed by atoms with van der Waals surface area (Å²) >= 11 is 0. The first-order valence-corrected chi connectivity index (χ1v) is 27.1. The number of amides is 10. The average Bonchev–Trinajstić information content (AvgIpc) is 3.86. The number of para-hydroxylation sites is 1. The van der Waals surface area contributed by atoms with E-state index in [9.17, 15) is 102 Å². The number of carboxylic acids is 7. The van der Waals surface area contributed by atoms with Crippen LogP contribution in [-0.2, 0) is 80.0 Å². The Labute approximate surface area is 499 Å². The summed E-state index contributed by atoms with van der Waals surface area (Å²) < 4.78 is 0. The molecule has 3 rings (SSSR count). The molecule has 0 spiro atoms. The van der Waals surface area contributed by atoms with Crippen molar-refractivity contribution in [3.05, 3.63) is 71.4 Å². The molecule has 1 aromatic heterocycles. The summed E-state index contributed by atoms with van der Waals surface area (Å²) in [6.07, 6.45) is -3.88. The number of aliphatic carboxylic acids is 6. The fourth-order valence-electron chi connectivity index (χ4n) is 8.43. The van der Waals surface area contributed by atoms with Crippen LogP contribution in [0.15, 0.2) is 54.7 Å². The van der Waals surface area contributed by atoms with E-state index in [1.165, 1.54) is 24.3 Å². The Morgan fingerprint density at radius 1 is 0.443 bits per heavy atom. The van der Waals surface area contributed by atoms with Crippen molar-refractivity contribution in [2.75, 3.05) is 19.6 Å². The minimum absolute atomic E-state index is 0.0750. The molecule has 2 aromatic carbocycles. The zero-order valence-corrected chi connectivity index (χ0v) is 47.2. The van der Waals surface area contributed by atoms with Crippen molar-refractivity contribution in [3.63, 3.8) is 0 Å². The van der Waals surface area contributed by atoms with E-state index in [0.29, 0.717) is 16.5 Å². The summed E-state index contributed by atoms with van der Waals surface area (Å²) in [5.74, 6) is -18.1. The van der Waals surface area contributed by atoms with Crippen LogP contribution in [0.5, 0.6) is 0 Å². The van der Waals surface area contributed by atoms with Gasteiger partial charge in [-0.25, -0.2) is 19.2 Å². The molecule has 88 heavy (non-hydrogen) atoms. The fraction of sp³-hybridized carbons (Fsp3) is 0.444. The van der Waals surface area contributed by atoms with Gasteiger partial charge < -0.3 is 93.9 Å². The lowest BCUT2D eigenvalue weighted by Gasteiger charge is -2.25. The number of fused-ring (bicyclic) bond motifs is 1. The van der Waals surface area contributed by atoms with E-state index in [0.717, 1.165) is 6.92 Å². The molecule has 1 heterocycles. The maximum Gasteiger partial charge on any atom is 0.335 e. The van der Waals surface area contributed by atoms with Crippen LogP contribution in [0.1, 0.15) is 99.0 Å². The molecule has 0 aliphatic rings. The van der Waals surface area contributed by atoms with E-state index >= 15 is 0 Å². The van der Waals surface area contributed by atoms with Crippen LogP contribution >= 0.6 is 0 Å². The van der Waals surface area contributed by atoms with Crippen LogP contribution in [0.2, 0.25) is 0 Å². The maximum atomic E-state index is 13.9. The number of H-pyrrole nitrogens is 1. The predicted octanol–water partition coefficient (Wildman–Crippen LogP) is -2.72. The molecular formula is C54H69N11O23. The minimum Gasteiger partial charge on any atom is -0.481 e. The lowest BCUT2D eigenvalue weighted by molar-refractivity contribution is -0.141. The van der Waals surface area contributed by atoms with Gasteiger partial charge in [0.25, 0.3) is 0 Å². The highest BCUT2D eigenvalue weighted by Gasteiger charge is 2.32. The Hall–Kier alpha value is -10.7. The number of aromatic carboxylic acids is 1. The summed E-state index contributed by atoms with van der Waals surface area (Å²) in [7, 11) is 0. The highest BCUT2D eigenvalue weighted by atomic mass is 16.4. The number of aromatic nitrogens is 1. The van der Waals surface area contributed by atoms with Crippen molar-refractivity contribution in [1.29, 1.82) is 0 Å². The number of nitrogens with one attached hydrogen (secondary N) is 11. The lowest BCUT2D eigenvalue weighted by Crippen LogP contribution is -2.57. The van der Waals surface area contributed by atoms with Gasteiger partial charge in [-0.05, 0) is 74.3 Å². The number of benzene rings is 2. The maximum absolute atomic E-state index is 13.9. The number of unbranched alkanes of at least 4 members (excludes halogenated alkanes) is 1. The highest BCUT2D eigenvalue weighted by Crippen LogP contribution is 2.20. The van der Waals surface area contributed by atoms with Gasteiger partial charge in [0.05, 0.1) is 18.7 Å². The van der Waals surface area contributed by atoms with Crippen molar-refractivity contribution in [3.8, 4) is 0 Å². The van der Waals surface area contributed by atoms with E-state index in [1.807, 2.05) is 5.32 Å². The first kappa shape index (κ1) is 71.6. The van der Waals surface area contributed by atoms with Gasteiger partial charge in [0.2, 0.25) is 47.3 Å². The molecule has 0 saturated carbocycles. The molecule has 0 unspecified atom stereocenters. The van der Waals surface area contributed by atoms with Gasteiger partial charge in [-0.2, -0.15) is 0 Å². The molecule has 0 radical (unpaired) electrons. The first-order chi connectivity index (χ1) is 41.5. The molecule has 10 amide bonds. The fourth-order valence-corrected chi connectivity index (χ4v) is 8.43. The van der Waals surface area contributed by atoms with E-state index in [-0.39, 0.29) is 43.4 Å². The standard InChI is InChI=1S/C54H69N11O23/c1-27(66)59-34(13-17-43(71)72)49(80)63-35(14-18-44(73)74)50(81)62-33(12-16-42(69)70)46(77)57-25-40(67)60-38(22-28-7-6-8-29(21-28)51(82)83)48(79)58-26-41(68)61-39(23-30-24-56-32-10-3-2-9-31(30)32)47(78)55-20-5-4-11-36(52(84)85)64-54(88)65-37(53(86)87)15-19-45(75)76/h2-3,6-10,21,24,33-39,56H,4-5,11-20,22-23,25-26H2,1H3,(H,55,78)(H,57,77)(H,58,79)(H,59,66)(H,60,67)(H,61,68)(H,62,81)(H,63,80)(H,69,70)(H,71,72)(H,73,74)(H,75,76)(H,82,83)(H,84,85)(H,86,87)(H2,64,65,88)/t33-,34-,35-,36-,37-,38-,39-/m0/s1. The number of carbonyl (C=O) groups excluding carboxylic acids is 9. The number of aromatic amines is 1. The predicted molar refractivity (Wildman–Crippen MR) is 299 cm³/mol. The van der Waals surface area contributed by atoms with Gasteiger partial charge in [0, 0.05) is 69.1 Å². The third-order valence-electron chi connectivity index (χ3n) is 12.8. The second kappa shape index (κ2) is 36.2. The number of rotatable bonds is 40. The Morgan fingerprint density at radius 3 is 1.40 bits per heavy atom. The summed E-state index contributed by atoms with van der Waals surface area (Å²) in [6, 6.07) is -0.227. The lowest BCUT2D eigenvalue weighted by atomic mass is 10.0. The normalized spacial score (nSPS) is 13.1. The molecule has 478 valence electrons. The second-order valence-electron chi connectivity index (χ2n) is 19.7. The van der Waals surface area contributed by atoms with Crippen LogP contribution in [-0.4, -0.2) is 198 Å². The molecule has 7 atom stereocenters. The van der Waals surface area contributed by atoms with E-state index < -0.39 is 208 Å². The SMILES string of the molecule is CC(=O)N[C@@H](CCC(=O)O)C(=O)N[C@@H](CCC(=O)O)C(=O)N[C@@H](CCC(=O)O)C(=O)NCC(=O)N[C@@H](Cc1cccc(C(=O)O)c1)C(=O)NCC(=O)N[C@@H](Cc1c[nH]c2ccccc12)C(=O)NCCCC[C@H](NC(=O)N[C@@H](CCC(=O)O)C(=O)O)C(=O)O. The summed E-state index contributed by atoms with van der Waals surface area (Å²) in [6.45, 7) is -0.898. The zero-order chi connectivity index (χ0) is 65.6. The molecule has 0 saturated heterocycles. The number of urea groups is 1. The van der Waals surface area contributed by atoms with Crippen molar-refractivity contribution in [1.82, 2.24) is 58.2 Å². The second-order valence-corrected chi connectivity index (χ2v) is 19.7. The quantitative estimate of drug-likeness (QED) is 0.0257. The van der Waals surface area contributed by atoms with Gasteiger partial charge in [-0.3, -0.25) is 57.5 Å². The first-order valence-electron chi connectivity index (χ1n) is 27.1. The van der Waals surface area contributed by atoms with E-state index in [1.54, 1.807) is 30.5 Å². The Balaban J connectivity index is 1.77. The largest absolute Gasteiger partial charge is 0.481 e. The third-order valence-corrected chi connectivity index (χ3v) is 12.8. The molecule has 34 nitrogen and oxygen atoms in total. The minimum atomic E-state index is -1.79. The Morgan fingerprint density at radius 2 is 0.898 bits per heavy atom. The Bertz CT molecular complexity index is 3080. The number of carbonyl (C=O) groups is 16. The van der Waals surface area contributed by atoms with Crippen LogP contribution in [0.3, 0.4) is 0 Å². The van der Waals surface area contributed by atoms with Crippen molar-refractivity contribution >= 4 is 106 Å². The Kier molecular flexibility index (Phi) is 29.4. The third kappa shape index (κ3) is 26.5. The summed E-state index contributed by atoms with van der Waals surface area (Å²) in [4.78, 5) is 203.